The fourth-order valence-electron chi connectivity index (χ4n) is 9.83. The van der Waals surface area contributed by atoms with Crippen molar-refractivity contribution in [2.75, 3.05) is 33.0 Å². The van der Waals surface area contributed by atoms with E-state index in [1.807, 2.05) is 0 Å². The minimum absolute atomic E-state index is 0.191. The summed E-state index contributed by atoms with van der Waals surface area (Å²) < 4.78 is 45.1. The van der Waals surface area contributed by atoms with Crippen molar-refractivity contribution in [1.82, 2.24) is 0 Å². The van der Waals surface area contributed by atoms with Gasteiger partial charge in [-0.3, -0.25) is 4.79 Å². The lowest BCUT2D eigenvalue weighted by Crippen LogP contribution is -2.70. The van der Waals surface area contributed by atoms with Crippen molar-refractivity contribution < 1.29 is 104 Å². The van der Waals surface area contributed by atoms with E-state index < -0.39 is 136 Å². The van der Waals surface area contributed by atoms with Gasteiger partial charge in [0, 0.05) is 13.0 Å². The molecule has 0 aromatic heterocycles. The number of aliphatic hydroxyl groups excluding tert-OH is 11. The van der Waals surface area contributed by atoms with Crippen LogP contribution in [0, 0.1) is 0 Å². The summed E-state index contributed by atoms with van der Waals surface area (Å²) in [5, 5.41) is 116. The lowest BCUT2D eigenvalue weighted by atomic mass is 9.84. The fourth-order valence-corrected chi connectivity index (χ4v) is 9.83. The zero-order valence-corrected chi connectivity index (χ0v) is 45.2. The standard InChI is InChI=1S/C54H100O21/c1-3-5-7-9-11-13-15-17-19-21-23-25-27-29-31-68-36(34-69-39(57)30-28-26-24-22-20-18-16-14-12-10-8-6-4-2)35-70-54(67)75-51-49(73-52-47(65)42(60)40(58)37(32-55)71-52)45(63)44(62)46(64)50(51)74-53-48(66)43(61)41(59)38(33-56)72-53/h36-38,40-53,55-56,58-66H,3-35H2,1-2H3/t36-,37+,38+,40+,41+,42-,43-,44?,45-,46+,47-,48-,49+,50+,51?,52+,53+/m0/s1. The summed E-state index contributed by atoms with van der Waals surface area (Å²) >= 11 is 0. The van der Waals surface area contributed by atoms with Gasteiger partial charge in [0.25, 0.3) is 0 Å². The summed E-state index contributed by atoms with van der Waals surface area (Å²) in [5.41, 5.74) is 0. The number of carbonyl (C=O) groups is 2. The van der Waals surface area contributed by atoms with Gasteiger partial charge in [0.15, 0.2) is 18.7 Å². The highest BCUT2D eigenvalue weighted by atomic mass is 16.8. The quantitative estimate of drug-likeness (QED) is 0.0306. The minimum Gasteiger partial charge on any atom is -0.463 e. The summed E-state index contributed by atoms with van der Waals surface area (Å²) in [6, 6.07) is 0. The van der Waals surface area contributed by atoms with Gasteiger partial charge in [0.05, 0.1) is 13.2 Å². The molecule has 0 aromatic carbocycles. The number of rotatable bonds is 41. The van der Waals surface area contributed by atoms with Crippen LogP contribution in [0.4, 0.5) is 4.79 Å². The van der Waals surface area contributed by atoms with E-state index in [2.05, 4.69) is 13.8 Å². The van der Waals surface area contributed by atoms with Crippen molar-refractivity contribution in [2.45, 2.75) is 298 Å². The molecular formula is C54H100O21. The second kappa shape index (κ2) is 39.5. The van der Waals surface area contributed by atoms with Gasteiger partial charge in [-0.15, -0.1) is 0 Å². The molecule has 0 aromatic rings. The van der Waals surface area contributed by atoms with Crippen molar-refractivity contribution in [3.63, 3.8) is 0 Å². The number of unbranched alkanes of at least 4 members (excludes halogenated alkanes) is 25. The van der Waals surface area contributed by atoms with Crippen LogP contribution in [0.25, 0.3) is 0 Å². The molecular weight excluding hydrogens is 985 g/mol. The summed E-state index contributed by atoms with van der Waals surface area (Å²) in [6.07, 6.45) is -2.31. The van der Waals surface area contributed by atoms with Crippen molar-refractivity contribution in [1.29, 1.82) is 0 Å². The average Bonchev–Trinajstić information content (AvgIpc) is 3.40. The van der Waals surface area contributed by atoms with E-state index in [-0.39, 0.29) is 19.6 Å². The largest absolute Gasteiger partial charge is 0.508 e. The molecule has 0 amide bonds. The zero-order valence-electron chi connectivity index (χ0n) is 45.2. The van der Waals surface area contributed by atoms with Crippen LogP contribution >= 0.6 is 0 Å². The molecule has 21 heteroatoms. The maximum Gasteiger partial charge on any atom is 0.508 e. The molecule has 1 saturated carbocycles. The Kier molecular flexibility index (Phi) is 35.5. The molecule has 2 heterocycles. The molecule has 17 atom stereocenters. The molecule has 3 fully saturated rings. The Morgan fingerprint density at radius 3 is 1.15 bits per heavy atom. The Balaban J connectivity index is 1.65. The number of ether oxygens (including phenoxy) is 8. The first kappa shape index (κ1) is 67.4. The van der Waals surface area contributed by atoms with E-state index in [0.717, 1.165) is 44.9 Å². The average molecular weight is 1090 g/mol. The molecule has 21 nitrogen and oxygen atoms in total. The third-order valence-corrected chi connectivity index (χ3v) is 14.7. The molecule has 0 bridgehead atoms. The van der Waals surface area contributed by atoms with Crippen LogP contribution < -0.4 is 0 Å². The molecule has 0 spiro atoms. The SMILES string of the molecule is CCCCCCCCCCCCCCCCO[C@@H](COC(=O)CCCCCCCCCCCCCCC)COC(=O)OC1[C@H](O[C@H]2O[C@H](CO)[C@@H](O)[C@H](O)[C@@H]2O)[C@H](O)C(O)[C@H](O)[C@H]1O[C@H]1O[C@H](CO)[C@@H](O)[C@H](O)[C@@H]1O. The van der Waals surface area contributed by atoms with Gasteiger partial charge in [0.2, 0.25) is 0 Å². The molecule has 2 aliphatic heterocycles. The summed E-state index contributed by atoms with van der Waals surface area (Å²) in [4.78, 5) is 26.6. The number of hydrogen-bond acceptors (Lipinski definition) is 21. The van der Waals surface area contributed by atoms with Crippen LogP contribution in [0.2, 0.25) is 0 Å². The molecule has 2 unspecified atom stereocenters. The van der Waals surface area contributed by atoms with Gasteiger partial charge >= 0.3 is 12.1 Å². The topological polar surface area (TPSA) is 331 Å². The normalized spacial score (nSPS) is 31.5. The summed E-state index contributed by atoms with van der Waals surface area (Å²) in [7, 11) is 0. The molecule has 2 saturated heterocycles. The highest BCUT2D eigenvalue weighted by Crippen LogP contribution is 2.35. The second-order valence-electron chi connectivity index (χ2n) is 21.0. The molecule has 3 aliphatic rings. The molecule has 75 heavy (non-hydrogen) atoms. The van der Waals surface area contributed by atoms with Gasteiger partial charge in [0.1, 0.15) is 98.7 Å². The predicted molar refractivity (Wildman–Crippen MR) is 273 cm³/mol. The van der Waals surface area contributed by atoms with Crippen LogP contribution in [-0.4, -0.2) is 205 Å². The first-order valence-electron chi connectivity index (χ1n) is 28.8. The van der Waals surface area contributed by atoms with Crippen molar-refractivity contribution >= 4 is 12.1 Å². The molecule has 3 rings (SSSR count). The third kappa shape index (κ3) is 24.6. The van der Waals surface area contributed by atoms with Gasteiger partial charge in [-0.05, 0) is 12.8 Å². The Labute approximate surface area is 445 Å². The van der Waals surface area contributed by atoms with Crippen LogP contribution in [0.3, 0.4) is 0 Å². The Morgan fingerprint density at radius 1 is 0.413 bits per heavy atom. The van der Waals surface area contributed by atoms with Gasteiger partial charge in [-0.1, -0.05) is 174 Å². The van der Waals surface area contributed by atoms with E-state index in [9.17, 15) is 65.8 Å². The summed E-state index contributed by atoms with van der Waals surface area (Å²) in [6.45, 7) is 2.15. The predicted octanol–water partition coefficient (Wildman–Crippen LogP) is 3.87. The monoisotopic (exact) mass is 1080 g/mol. The molecule has 0 radical (unpaired) electrons. The van der Waals surface area contributed by atoms with Gasteiger partial charge in [-0.2, -0.15) is 0 Å². The van der Waals surface area contributed by atoms with E-state index >= 15 is 0 Å². The van der Waals surface area contributed by atoms with Gasteiger partial charge in [-0.25, -0.2) is 4.79 Å². The van der Waals surface area contributed by atoms with E-state index in [1.54, 1.807) is 0 Å². The van der Waals surface area contributed by atoms with Crippen LogP contribution in [0.5, 0.6) is 0 Å². The fraction of sp³-hybridized carbons (Fsp3) is 0.963. The smallest absolute Gasteiger partial charge is 0.463 e. The van der Waals surface area contributed by atoms with E-state index in [4.69, 9.17) is 37.9 Å². The first-order chi connectivity index (χ1) is 36.2. The number of hydrogen-bond donors (Lipinski definition) is 11. The number of esters is 1. The lowest BCUT2D eigenvalue weighted by Gasteiger charge is -2.49. The summed E-state index contributed by atoms with van der Waals surface area (Å²) in [5.74, 6) is -0.448. The molecule has 11 N–H and O–H groups in total. The highest BCUT2D eigenvalue weighted by molar-refractivity contribution is 5.69. The van der Waals surface area contributed by atoms with Crippen molar-refractivity contribution in [2.24, 2.45) is 0 Å². The molecule has 442 valence electrons. The van der Waals surface area contributed by atoms with Gasteiger partial charge < -0.3 is 94.1 Å². The van der Waals surface area contributed by atoms with Crippen molar-refractivity contribution in [3.05, 3.63) is 0 Å². The van der Waals surface area contributed by atoms with E-state index in [1.165, 1.54) is 116 Å². The number of carbonyl (C=O) groups excluding carboxylic acids is 2. The second-order valence-corrected chi connectivity index (χ2v) is 21.0. The van der Waals surface area contributed by atoms with Crippen LogP contribution in [0.1, 0.15) is 194 Å². The zero-order chi connectivity index (χ0) is 55.0. The minimum atomic E-state index is -2.19. The third-order valence-electron chi connectivity index (χ3n) is 14.7. The first-order valence-corrected chi connectivity index (χ1v) is 28.8. The van der Waals surface area contributed by atoms with Crippen LogP contribution in [-0.2, 0) is 42.7 Å². The Morgan fingerprint density at radius 2 is 0.760 bits per heavy atom. The highest BCUT2D eigenvalue weighted by Gasteiger charge is 2.57. The Bertz CT molecular complexity index is 1390. The number of aliphatic hydroxyl groups is 11. The lowest BCUT2D eigenvalue weighted by molar-refractivity contribution is -0.361. The maximum absolute atomic E-state index is 13.7. The van der Waals surface area contributed by atoms with Crippen LogP contribution in [0.15, 0.2) is 0 Å². The molecule has 1 aliphatic carbocycles. The van der Waals surface area contributed by atoms with E-state index in [0.29, 0.717) is 12.8 Å². The Hall–Kier alpha value is -1.90. The van der Waals surface area contributed by atoms with Crippen molar-refractivity contribution in [3.8, 4) is 0 Å². The maximum atomic E-state index is 13.7.